The fourth-order valence-corrected chi connectivity index (χ4v) is 1.82. The summed E-state index contributed by atoms with van der Waals surface area (Å²) in [6.07, 6.45) is 1.86. The minimum Gasteiger partial charge on any atom is -0.481 e. The van der Waals surface area contributed by atoms with Gasteiger partial charge in [-0.3, -0.25) is 4.79 Å². The third-order valence-corrected chi connectivity index (χ3v) is 2.53. The Bertz CT molecular complexity index is 263. The zero-order chi connectivity index (χ0) is 13.5. The Hall–Kier alpha value is -0.910. The van der Waals surface area contributed by atoms with E-state index < -0.39 is 17.7 Å². The van der Waals surface area contributed by atoms with Gasteiger partial charge < -0.3 is 15.2 Å². The minimum absolute atomic E-state index is 0.0427. The average molecular weight is 263 g/mol. The number of thioether (sulfide) groups is 1. The van der Waals surface area contributed by atoms with E-state index in [9.17, 15) is 9.59 Å². The van der Waals surface area contributed by atoms with Gasteiger partial charge >= 0.3 is 12.1 Å². The SMILES string of the molecule is CSC[C@@H](CCC(=O)O)NC(=O)OC(C)(C)C. The first-order valence-electron chi connectivity index (χ1n) is 5.45. The maximum Gasteiger partial charge on any atom is 0.407 e. The van der Waals surface area contributed by atoms with Gasteiger partial charge in [-0.15, -0.1) is 0 Å². The normalized spacial score (nSPS) is 12.9. The first-order chi connectivity index (χ1) is 7.74. The van der Waals surface area contributed by atoms with E-state index in [-0.39, 0.29) is 12.5 Å². The van der Waals surface area contributed by atoms with E-state index in [0.717, 1.165) is 0 Å². The number of rotatable bonds is 6. The Balaban J connectivity index is 4.14. The lowest BCUT2D eigenvalue weighted by atomic mass is 10.2. The van der Waals surface area contributed by atoms with Crippen LogP contribution in [-0.2, 0) is 9.53 Å². The lowest BCUT2D eigenvalue weighted by molar-refractivity contribution is -0.137. The van der Waals surface area contributed by atoms with Gasteiger partial charge in [-0.1, -0.05) is 0 Å². The molecule has 17 heavy (non-hydrogen) atoms. The fourth-order valence-electron chi connectivity index (χ4n) is 1.17. The van der Waals surface area contributed by atoms with Gasteiger partial charge in [0.1, 0.15) is 5.60 Å². The van der Waals surface area contributed by atoms with Gasteiger partial charge in [0.05, 0.1) is 0 Å². The molecule has 0 radical (unpaired) electrons. The molecule has 2 N–H and O–H groups in total. The smallest absolute Gasteiger partial charge is 0.407 e. The molecule has 0 saturated carbocycles. The second kappa shape index (κ2) is 7.42. The maximum absolute atomic E-state index is 11.5. The van der Waals surface area contributed by atoms with Crippen LogP contribution in [0.15, 0.2) is 0 Å². The summed E-state index contributed by atoms with van der Waals surface area (Å²) in [5.41, 5.74) is -0.541. The summed E-state index contributed by atoms with van der Waals surface area (Å²) in [5.74, 6) is -0.186. The highest BCUT2D eigenvalue weighted by molar-refractivity contribution is 7.98. The Morgan fingerprint density at radius 3 is 2.41 bits per heavy atom. The van der Waals surface area contributed by atoms with Crippen LogP contribution in [0.1, 0.15) is 33.6 Å². The van der Waals surface area contributed by atoms with Gasteiger partial charge in [0.25, 0.3) is 0 Å². The zero-order valence-corrected chi connectivity index (χ0v) is 11.6. The molecule has 0 aliphatic carbocycles. The van der Waals surface area contributed by atoms with Crippen molar-refractivity contribution in [1.29, 1.82) is 0 Å². The van der Waals surface area contributed by atoms with Crippen LogP contribution in [0.4, 0.5) is 4.79 Å². The second-order valence-corrected chi connectivity index (χ2v) is 5.64. The van der Waals surface area contributed by atoms with E-state index >= 15 is 0 Å². The number of aliphatic carboxylic acids is 1. The van der Waals surface area contributed by atoms with Crippen molar-refractivity contribution in [3.63, 3.8) is 0 Å². The first kappa shape index (κ1) is 16.1. The van der Waals surface area contributed by atoms with Crippen molar-refractivity contribution in [3.8, 4) is 0 Å². The topological polar surface area (TPSA) is 75.6 Å². The Kier molecular flexibility index (Phi) is 7.03. The summed E-state index contributed by atoms with van der Waals surface area (Å²) in [6, 6.07) is -0.170. The summed E-state index contributed by atoms with van der Waals surface area (Å²) in [5, 5.41) is 11.3. The molecule has 0 aromatic rings. The third kappa shape index (κ3) is 9.99. The van der Waals surface area contributed by atoms with Crippen LogP contribution in [0.25, 0.3) is 0 Å². The predicted octanol–water partition coefficient (Wildman–Crippen LogP) is 2.11. The number of carbonyl (C=O) groups excluding carboxylic acids is 1. The molecule has 1 atom stereocenters. The van der Waals surface area contributed by atoms with E-state index in [1.807, 2.05) is 6.26 Å². The predicted molar refractivity (Wildman–Crippen MR) is 68.4 cm³/mol. The molecule has 100 valence electrons. The van der Waals surface area contributed by atoms with Crippen LogP contribution < -0.4 is 5.32 Å². The number of carboxylic acid groups (broad SMARTS) is 1. The number of ether oxygens (including phenoxy) is 1. The van der Waals surface area contributed by atoms with E-state index in [4.69, 9.17) is 9.84 Å². The molecule has 6 heteroatoms. The molecule has 0 aliphatic heterocycles. The van der Waals surface area contributed by atoms with Crippen LogP contribution in [-0.4, -0.2) is 40.8 Å². The molecule has 1 amide bonds. The quantitative estimate of drug-likeness (QED) is 0.767. The molecule has 0 rings (SSSR count). The molecular weight excluding hydrogens is 242 g/mol. The van der Waals surface area contributed by atoms with Crippen LogP contribution in [0, 0.1) is 0 Å². The monoisotopic (exact) mass is 263 g/mol. The minimum atomic E-state index is -0.859. The third-order valence-electron chi connectivity index (χ3n) is 1.80. The lowest BCUT2D eigenvalue weighted by Crippen LogP contribution is -2.40. The summed E-state index contributed by atoms with van der Waals surface area (Å²) in [4.78, 5) is 22.0. The van der Waals surface area contributed by atoms with E-state index in [1.165, 1.54) is 0 Å². The summed E-state index contributed by atoms with van der Waals surface area (Å²) >= 11 is 1.56. The summed E-state index contributed by atoms with van der Waals surface area (Å²) in [6.45, 7) is 5.36. The molecule has 0 unspecified atom stereocenters. The summed E-state index contributed by atoms with van der Waals surface area (Å²) in [7, 11) is 0. The number of carbonyl (C=O) groups is 2. The van der Waals surface area contributed by atoms with Gasteiger partial charge in [-0.2, -0.15) is 11.8 Å². The molecule has 0 aromatic carbocycles. The molecule has 0 heterocycles. The van der Waals surface area contributed by atoms with Crippen molar-refractivity contribution >= 4 is 23.8 Å². The van der Waals surface area contributed by atoms with Gasteiger partial charge in [-0.25, -0.2) is 4.79 Å². The van der Waals surface area contributed by atoms with Crippen LogP contribution >= 0.6 is 11.8 Å². The van der Waals surface area contributed by atoms with Crippen molar-refractivity contribution in [2.45, 2.75) is 45.3 Å². The summed E-state index contributed by atoms with van der Waals surface area (Å²) < 4.78 is 5.11. The van der Waals surface area contributed by atoms with Gasteiger partial charge in [-0.05, 0) is 33.4 Å². The molecular formula is C11H21NO4S. The molecule has 0 spiro atoms. The molecule has 0 aromatic heterocycles. The van der Waals surface area contributed by atoms with Crippen molar-refractivity contribution in [2.24, 2.45) is 0 Å². The van der Waals surface area contributed by atoms with Gasteiger partial charge in [0.15, 0.2) is 0 Å². The number of nitrogens with one attached hydrogen (secondary N) is 1. The molecule has 0 aliphatic rings. The largest absolute Gasteiger partial charge is 0.481 e. The van der Waals surface area contributed by atoms with Gasteiger partial charge in [0, 0.05) is 18.2 Å². The highest BCUT2D eigenvalue weighted by Crippen LogP contribution is 2.09. The number of alkyl carbamates (subject to hydrolysis) is 1. The van der Waals surface area contributed by atoms with E-state index in [2.05, 4.69) is 5.32 Å². The Morgan fingerprint density at radius 1 is 1.41 bits per heavy atom. The van der Waals surface area contributed by atoms with E-state index in [0.29, 0.717) is 12.2 Å². The van der Waals surface area contributed by atoms with Crippen molar-refractivity contribution in [3.05, 3.63) is 0 Å². The molecule has 0 saturated heterocycles. The van der Waals surface area contributed by atoms with Crippen LogP contribution in [0.5, 0.6) is 0 Å². The Morgan fingerprint density at radius 2 is 2.00 bits per heavy atom. The number of hydrogen-bond donors (Lipinski definition) is 2. The lowest BCUT2D eigenvalue weighted by Gasteiger charge is -2.23. The zero-order valence-electron chi connectivity index (χ0n) is 10.8. The van der Waals surface area contributed by atoms with Crippen molar-refractivity contribution in [2.75, 3.05) is 12.0 Å². The average Bonchev–Trinajstić information content (AvgIpc) is 2.11. The second-order valence-electron chi connectivity index (χ2n) is 4.73. The van der Waals surface area contributed by atoms with Crippen molar-refractivity contribution < 1.29 is 19.4 Å². The van der Waals surface area contributed by atoms with E-state index in [1.54, 1.807) is 32.5 Å². The number of carboxylic acids is 1. The highest BCUT2D eigenvalue weighted by atomic mass is 32.2. The first-order valence-corrected chi connectivity index (χ1v) is 6.84. The highest BCUT2D eigenvalue weighted by Gasteiger charge is 2.19. The molecule has 0 fully saturated rings. The van der Waals surface area contributed by atoms with Crippen molar-refractivity contribution in [1.82, 2.24) is 5.32 Å². The van der Waals surface area contributed by atoms with Gasteiger partial charge in [0.2, 0.25) is 0 Å². The standard InChI is InChI=1S/C11H21NO4S/c1-11(2,3)16-10(15)12-8(7-17-4)5-6-9(13)14/h8H,5-7H2,1-4H3,(H,12,15)(H,13,14)/t8-/m1/s1. The fraction of sp³-hybridized carbons (Fsp3) is 0.818. The van der Waals surface area contributed by atoms with Crippen LogP contribution in [0.2, 0.25) is 0 Å². The maximum atomic E-state index is 11.5. The molecule has 0 bridgehead atoms. The number of amides is 1. The van der Waals surface area contributed by atoms with Crippen LogP contribution in [0.3, 0.4) is 0 Å². The Labute approximate surface area is 106 Å². The number of hydrogen-bond acceptors (Lipinski definition) is 4. The molecule has 5 nitrogen and oxygen atoms in total.